The molecule has 3 aromatic rings. The van der Waals surface area contributed by atoms with Crippen molar-refractivity contribution in [1.29, 1.82) is 0 Å². The van der Waals surface area contributed by atoms with Crippen LogP contribution in [0.1, 0.15) is 5.56 Å². The fourth-order valence-electron chi connectivity index (χ4n) is 2.16. The summed E-state index contributed by atoms with van der Waals surface area (Å²) in [7, 11) is 0. The molecule has 1 amide bonds. The number of amides is 1. The minimum Gasteiger partial charge on any atom is -0.324 e. The van der Waals surface area contributed by atoms with E-state index in [0.29, 0.717) is 5.82 Å². The fraction of sp³-hybridized carbons (Fsp3) is 0.125. The number of aromatic nitrogens is 4. The van der Waals surface area contributed by atoms with Gasteiger partial charge in [0.05, 0.1) is 5.56 Å². The Bertz CT molecular complexity index is 927. The molecule has 134 valence electrons. The predicted octanol–water partition coefficient (Wildman–Crippen LogP) is 3.76. The van der Waals surface area contributed by atoms with Crippen LogP contribution in [0.5, 0.6) is 0 Å². The zero-order chi connectivity index (χ0) is 18.7. The van der Waals surface area contributed by atoms with E-state index in [4.69, 9.17) is 0 Å². The van der Waals surface area contributed by atoms with Gasteiger partial charge in [-0.3, -0.25) is 4.79 Å². The number of alkyl halides is 3. The molecule has 0 unspecified atom stereocenters. The fourth-order valence-corrected chi connectivity index (χ4v) is 2.63. The van der Waals surface area contributed by atoms with Crippen molar-refractivity contribution in [3.8, 4) is 11.4 Å². The molecule has 0 spiro atoms. The molecule has 2 aromatic carbocycles. The molecule has 0 saturated carbocycles. The number of benzene rings is 2. The number of carbonyl (C=O) groups is 1. The number of tetrazole rings is 1. The molecule has 3 rings (SSSR count). The van der Waals surface area contributed by atoms with Gasteiger partial charge in [0.15, 0.2) is 0 Å². The largest absolute Gasteiger partial charge is 0.417 e. The topological polar surface area (TPSA) is 72.7 Å². The van der Waals surface area contributed by atoms with Gasteiger partial charge >= 0.3 is 6.18 Å². The quantitative estimate of drug-likeness (QED) is 0.690. The minimum atomic E-state index is -4.53. The summed E-state index contributed by atoms with van der Waals surface area (Å²) in [6.45, 7) is -0.281. The lowest BCUT2D eigenvalue weighted by molar-refractivity contribution is -0.138. The third kappa shape index (κ3) is 4.26. The highest BCUT2D eigenvalue weighted by Crippen LogP contribution is 2.36. The summed E-state index contributed by atoms with van der Waals surface area (Å²) >= 11 is 2.85. The van der Waals surface area contributed by atoms with Gasteiger partial charge in [-0.1, -0.05) is 46.3 Å². The maximum atomic E-state index is 12.9. The van der Waals surface area contributed by atoms with Crippen molar-refractivity contribution in [1.82, 2.24) is 20.2 Å². The molecule has 26 heavy (non-hydrogen) atoms. The van der Waals surface area contributed by atoms with E-state index in [1.165, 1.54) is 12.1 Å². The average Bonchev–Trinajstić information content (AvgIpc) is 3.05. The van der Waals surface area contributed by atoms with Crippen LogP contribution in [0.3, 0.4) is 0 Å². The van der Waals surface area contributed by atoms with Crippen molar-refractivity contribution in [2.75, 3.05) is 5.32 Å². The molecule has 1 N–H and O–H groups in total. The lowest BCUT2D eigenvalue weighted by Gasteiger charge is -2.11. The second-order valence-electron chi connectivity index (χ2n) is 5.25. The molecular formula is C16H11BrF3N5O. The Labute approximate surface area is 154 Å². The summed E-state index contributed by atoms with van der Waals surface area (Å²) in [5.41, 5.74) is -0.114. The van der Waals surface area contributed by atoms with Gasteiger partial charge in [-0.2, -0.15) is 18.0 Å². The van der Waals surface area contributed by atoms with Crippen LogP contribution < -0.4 is 5.32 Å². The normalized spacial score (nSPS) is 11.4. The number of halogens is 4. The van der Waals surface area contributed by atoms with Crippen LogP contribution in [0.25, 0.3) is 11.4 Å². The standard InChI is InChI=1S/C16H11BrF3N5O/c17-13-7-6-11(8-12(13)16(18,19)20)21-14(26)9-25-23-15(22-24-25)10-4-2-1-3-5-10/h1-8H,9H2,(H,21,26). The molecule has 6 nitrogen and oxygen atoms in total. The Morgan fingerprint density at radius 1 is 1.15 bits per heavy atom. The van der Waals surface area contributed by atoms with E-state index in [2.05, 4.69) is 36.7 Å². The van der Waals surface area contributed by atoms with Gasteiger partial charge in [0.2, 0.25) is 11.7 Å². The van der Waals surface area contributed by atoms with E-state index < -0.39 is 17.6 Å². The molecule has 0 aliphatic rings. The first-order valence-electron chi connectivity index (χ1n) is 7.33. The minimum absolute atomic E-state index is 0.0222. The number of carbonyl (C=O) groups excluding carboxylic acids is 1. The van der Waals surface area contributed by atoms with Crippen molar-refractivity contribution in [2.24, 2.45) is 0 Å². The van der Waals surface area contributed by atoms with E-state index in [1.54, 1.807) is 12.1 Å². The summed E-state index contributed by atoms with van der Waals surface area (Å²) in [6.07, 6.45) is -4.53. The molecule has 10 heteroatoms. The molecule has 1 aromatic heterocycles. The van der Waals surface area contributed by atoms with Crippen LogP contribution in [0.4, 0.5) is 18.9 Å². The molecule has 1 heterocycles. The lowest BCUT2D eigenvalue weighted by atomic mass is 10.2. The first-order chi connectivity index (χ1) is 12.3. The third-order valence-electron chi connectivity index (χ3n) is 3.33. The Hall–Kier alpha value is -2.75. The Morgan fingerprint density at radius 3 is 2.58 bits per heavy atom. The predicted molar refractivity (Wildman–Crippen MR) is 91.0 cm³/mol. The summed E-state index contributed by atoms with van der Waals surface area (Å²) < 4.78 is 38.6. The molecule has 0 aliphatic heterocycles. The highest BCUT2D eigenvalue weighted by atomic mass is 79.9. The average molecular weight is 426 g/mol. The zero-order valence-electron chi connectivity index (χ0n) is 13.0. The number of hydrogen-bond acceptors (Lipinski definition) is 4. The Morgan fingerprint density at radius 2 is 1.88 bits per heavy atom. The third-order valence-corrected chi connectivity index (χ3v) is 4.02. The van der Waals surface area contributed by atoms with Crippen molar-refractivity contribution in [3.63, 3.8) is 0 Å². The summed E-state index contributed by atoms with van der Waals surface area (Å²) in [5, 5.41) is 14.1. The van der Waals surface area contributed by atoms with Gasteiger partial charge in [0.25, 0.3) is 0 Å². The van der Waals surface area contributed by atoms with Gasteiger partial charge in [0, 0.05) is 15.7 Å². The van der Waals surface area contributed by atoms with Gasteiger partial charge in [-0.05, 0) is 23.4 Å². The van der Waals surface area contributed by atoms with E-state index in [1.807, 2.05) is 18.2 Å². The molecule has 0 bridgehead atoms. The maximum absolute atomic E-state index is 12.9. The summed E-state index contributed by atoms with van der Waals surface area (Å²) in [4.78, 5) is 13.1. The number of nitrogens with one attached hydrogen (secondary N) is 1. The Kier molecular flexibility index (Phi) is 5.03. The van der Waals surface area contributed by atoms with E-state index in [-0.39, 0.29) is 16.7 Å². The number of nitrogens with zero attached hydrogens (tertiary/aromatic N) is 4. The molecule has 0 radical (unpaired) electrons. The van der Waals surface area contributed by atoms with E-state index in [0.717, 1.165) is 16.4 Å². The van der Waals surface area contributed by atoms with Crippen molar-refractivity contribution in [3.05, 3.63) is 58.6 Å². The number of hydrogen-bond donors (Lipinski definition) is 1. The van der Waals surface area contributed by atoms with Gasteiger partial charge in [-0.15, -0.1) is 10.2 Å². The van der Waals surface area contributed by atoms with Gasteiger partial charge in [-0.25, -0.2) is 0 Å². The molecule has 0 saturated heterocycles. The lowest BCUT2D eigenvalue weighted by Crippen LogP contribution is -2.21. The highest BCUT2D eigenvalue weighted by Gasteiger charge is 2.33. The van der Waals surface area contributed by atoms with Gasteiger partial charge in [0.1, 0.15) is 6.54 Å². The van der Waals surface area contributed by atoms with E-state index in [9.17, 15) is 18.0 Å². The Balaban J connectivity index is 1.69. The zero-order valence-corrected chi connectivity index (χ0v) is 14.6. The number of rotatable bonds is 4. The molecule has 0 atom stereocenters. The molecule has 0 fully saturated rings. The first-order valence-corrected chi connectivity index (χ1v) is 8.12. The second-order valence-corrected chi connectivity index (χ2v) is 6.10. The smallest absolute Gasteiger partial charge is 0.324 e. The SMILES string of the molecule is O=C(Cn1nnc(-c2ccccc2)n1)Nc1ccc(Br)c(C(F)(F)F)c1. The van der Waals surface area contributed by atoms with Gasteiger partial charge < -0.3 is 5.32 Å². The van der Waals surface area contributed by atoms with Crippen LogP contribution in [0, 0.1) is 0 Å². The highest BCUT2D eigenvalue weighted by molar-refractivity contribution is 9.10. The second kappa shape index (κ2) is 7.24. The van der Waals surface area contributed by atoms with Crippen LogP contribution in [-0.2, 0) is 17.5 Å². The monoisotopic (exact) mass is 425 g/mol. The maximum Gasteiger partial charge on any atom is 0.417 e. The summed E-state index contributed by atoms with van der Waals surface area (Å²) in [6, 6.07) is 12.5. The number of anilines is 1. The first kappa shape index (κ1) is 18.1. The summed E-state index contributed by atoms with van der Waals surface area (Å²) in [5.74, 6) is -0.223. The van der Waals surface area contributed by atoms with Crippen LogP contribution in [-0.4, -0.2) is 26.1 Å². The van der Waals surface area contributed by atoms with Crippen molar-refractivity contribution < 1.29 is 18.0 Å². The molecular weight excluding hydrogens is 415 g/mol. The van der Waals surface area contributed by atoms with Crippen LogP contribution in [0.15, 0.2) is 53.0 Å². The van der Waals surface area contributed by atoms with Crippen molar-refractivity contribution in [2.45, 2.75) is 12.7 Å². The molecule has 0 aliphatic carbocycles. The van der Waals surface area contributed by atoms with Crippen LogP contribution in [0.2, 0.25) is 0 Å². The van der Waals surface area contributed by atoms with Crippen molar-refractivity contribution >= 4 is 27.5 Å². The van der Waals surface area contributed by atoms with Crippen LogP contribution >= 0.6 is 15.9 Å². The van der Waals surface area contributed by atoms with E-state index >= 15 is 0 Å².